The van der Waals surface area contributed by atoms with Crippen LogP contribution in [0.4, 0.5) is 0 Å². The zero-order valence-electron chi connectivity index (χ0n) is 52.6. The summed E-state index contributed by atoms with van der Waals surface area (Å²) in [5.74, 6) is -0.180. The maximum Gasteiger partial charge on any atom is 0.220 e. The van der Waals surface area contributed by atoms with Crippen LogP contribution in [0.15, 0.2) is 48.6 Å². The predicted molar refractivity (Wildman–Crippen MR) is 341 cm³/mol. The molecule has 9 nitrogen and oxygen atoms in total. The van der Waals surface area contributed by atoms with E-state index in [1.807, 2.05) is 6.08 Å². The molecule has 1 aliphatic heterocycles. The smallest absolute Gasteiger partial charge is 0.220 e. The number of hydrogen-bond acceptors (Lipinski definition) is 8. The molecule has 0 spiro atoms. The normalized spacial score (nSPS) is 18.7. The molecule has 1 rings (SSSR count). The molecule has 1 aliphatic rings. The van der Waals surface area contributed by atoms with Crippen LogP contribution >= 0.6 is 0 Å². The predicted octanol–water partition coefficient (Wildman–Crippen LogP) is 18.8. The zero-order chi connectivity index (χ0) is 57.9. The van der Waals surface area contributed by atoms with Gasteiger partial charge in [0, 0.05) is 6.42 Å². The summed E-state index contributed by atoms with van der Waals surface area (Å²) in [4.78, 5) is 13.1. The van der Waals surface area contributed by atoms with Crippen molar-refractivity contribution in [2.24, 2.45) is 0 Å². The van der Waals surface area contributed by atoms with Gasteiger partial charge in [0.25, 0.3) is 0 Å². The number of ether oxygens (including phenoxy) is 2. The van der Waals surface area contributed by atoms with Gasteiger partial charge in [0.05, 0.1) is 25.4 Å². The van der Waals surface area contributed by atoms with Gasteiger partial charge in [-0.3, -0.25) is 4.79 Å². The van der Waals surface area contributed by atoms with Crippen molar-refractivity contribution >= 4 is 5.91 Å². The van der Waals surface area contributed by atoms with Crippen molar-refractivity contribution in [2.75, 3.05) is 13.2 Å². The molecule has 0 aromatic rings. The highest BCUT2D eigenvalue weighted by atomic mass is 16.7. The van der Waals surface area contributed by atoms with Gasteiger partial charge >= 0.3 is 0 Å². The second-order valence-electron chi connectivity index (χ2n) is 24.3. The highest BCUT2D eigenvalue weighted by molar-refractivity contribution is 5.76. The minimum Gasteiger partial charge on any atom is -0.394 e. The van der Waals surface area contributed by atoms with Crippen LogP contribution in [0, 0.1) is 0 Å². The summed E-state index contributed by atoms with van der Waals surface area (Å²) in [7, 11) is 0. The van der Waals surface area contributed by atoms with Gasteiger partial charge in [0.15, 0.2) is 6.29 Å². The summed E-state index contributed by atoms with van der Waals surface area (Å²) in [5, 5.41) is 54.7. The van der Waals surface area contributed by atoms with Gasteiger partial charge in [0.2, 0.25) is 5.91 Å². The van der Waals surface area contributed by atoms with E-state index in [2.05, 4.69) is 55.6 Å². The van der Waals surface area contributed by atoms with Crippen LogP contribution in [-0.2, 0) is 14.3 Å². The first-order valence-corrected chi connectivity index (χ1v) is 34.9. The van der Waals surface area contributed by atoms with E-state index in [4.69, 9.17) is 9.47 Å². The summed E-state index contributed by atoms with van der Waals surface area (Å²) in [6.07, 6.45) is 75.1. The summed E-state index contributed by atoms with van der Waals surface area (Å²) >= 11 is 0. The van der Waals surface area contributed by atoms with E-state index in [1.54, 1.807) is 6.08 Å². The Morgan fingerprint density at radius 1 is 0.425 bits per heavy atom. The van der Waals surface area contributed by atoms with Crippen LogP contribution in [0.5, 0.6) is 0 Å². The molecule has 7 atom stereocenters. The van der Waals surface area contributed by atoms with Crippen molar-refractivity contribution < 1.29 is 39.8 Å². The molecule has 1 fully saturated rings. The average molecular weight is 1130 g/mol. The van der Waals surface area contributed by atoms with Gasteiger partial charge in [-0.1, -0.05) is 319 Å². The SMILES string of the molecule is CCCCCCC/C=C\C/C=C\CCCCCCCCCCCCCCCCCCCCCCCCCCCC(=O)NC(COC1OC(CO)C(O)C(O)C1O)C(O)/C=C/CC/C=C/CCCCCCCCCCCCCCCC. The molecule has 9 heteroatoms. The fourth-order valence-electron chi connectivity index (χ4n) is 11.1. The first-order valence-electron chi connectivity index (χ1n) is 34.9. The number of amides is 1. The largest absolute Gasteiger partial charge is 0.394 e. The molecule has 0 aromatic carbocycles. The molecule has 0 aliphatic carbocycles. The third kappa shape index (κ3) is 48.5. The third-order valence-electron chi connectivity index (χ3n) is 16.6. The summed E-state index contributed by atoms with van der Waals surface area (Å²) in [5.41, 5.74) is 0. The molecule has 1 amide bonds. The summed E-state index contributed by atoms with van der Waals surface area (Å²) in [6.45, 7) is 3.79. The first-order chi connectivity index (χ1) is 39.3. The minimum atomic E-state index is -1.57. The molecule has 7 unspecified atom stereocenters. The number of rotatable bonds is 61. The van der Waals surface area contributed by atoms with Gasteiger partial charge in [-0.05, 0) is 64.2 Å². The van der Waals surface area contributed by atoms with Crippen molar-refractivity contribution in [3.63, 3.8) is 0 Å². The third-order valence-corrected chi connectivity index (χ3v) is 16.6. The molecular formula is C71H133NO8. The monoisotopic (exact) mass is 1130 g/mol. The van der Waals surface area contributed by atoms with E-state index in [0.717, 1.165) is 44.9 Å². The number of nitrogens with one attached hydrogen (secondary N) is 1. The molecule has 0 aromatic heterocycles. The van der Waals surface area contributed by atoms with Crippen molar-refractivity contribution in [3.8, 4) is 0 Å². The van der Waals surface area contributed by atoms with Gasteiger partial charge < -0.3 is 40.3 Å². The summed E-state index contributed by atoms with van der Waals surface area (Å²) in [6, 6.07) is -0.821. The second kappa shape index (κ2) is 60.3. The summed E-state index contributed by atoms with van der Waals surface area (Å²) < 4.78 is 11.3. The fourth-order valence-corrected chi connectivity index (χ4v) is 11.1. The van der Waals surface area contributed by atoms with Gasteiger partial charge in [-0.25, -0.2) is 0 Å². The molecule has 0 bridgehead atoms. The first kappa shape index (κ1) is 76.2. The minimum absolute atomic E-state index is 0.180. The molecule has 6 N–H and O–H groups in total. The Morgan fingerprint density at radius 3 is 1.12 bits per heavy atom. The number of aliphatic hydroxyl groups is 5. The van der Waals surface area contributed by atoms with Crippen LogP contribution in [0.25, 0.3) is 0 Å². The topological polar surface area (TPSA) is 149 Å². The van der Waals surface area contributed by atoms with Crippen molar-refractivity contribution in [1.29, 1.82) is 0 Å². The molecule has 0 saturated carbocycles. The van der Waals surface area contributed by atoms with Crippen molar-refractivity contribution in [2.45, 2.75) is 384 Å². The number of unbranched alkanes of at least 4 members (excludes halogenated alkanes) is 45. The Bertz CT molecular complexity index is 1400. The highest BCUT2D eigenvalue weighted by Gasteiger charge is 2.44. The van der Waals surface area contributed by atoms with Crippen LogP contribution in [0.2, 0.25) is 0 Å². The van der Waals surface area contributed by atoms with Crippen LogP contribution < -0.4 is 5.32 Å². The Labute approximate surface area is 494 Å². The lowest BCUT2D eigenvalue weighted by molar-refractivity contribution is -0.302. The molecular weight excluding hydrogens is 995 g/mol. The standard InChI is InChI=1S/C71H133NO8/c1-3-5-7-9-11-13-15-17-19-21-23-25-26-27-28-29-30-31-32-33-34-35-36-37-38-39-40-41-43-45-47-49-51-53-55-57-59-61-67(75)72-64(63-79-71-70(78)69(77)68(76)66(62-73)80-71)65(74)60-58-56-54-52-50-48-46-44-42-24-22-20-18-16-14-12-10-8-6-4-2/h15,17,21,23,50,52,58,60,64-66,68-71,73-74,76-78H,3-14,16,18-20,22,24-49,51,53-57,59,61-63H2,1-2H3,(H,72,75)/b17-15-,23-21-,52-50+,60-58+. The fraction of sp³-hybridized carbons (Fsp3) is 0.873. The van der Waals surface area contributed by atoms with Crippen LogP contribution in [-0.4, -0.2) is 87.5 Å². The van der Waals surface area contributed by atoms with E-state index in [9.17, 15) is 30.3 Å². The number of carbonyl (C=O) groups excluding carboxylic acids is 1. The van der Waals surface area contributed by atoms with Crippen LogP contribution in [0.1, 0.15) is 341 Å². The van der Waals surface area contributed by atoms with E-state index in [1.165, 1.54) is 276 Å². The number of aliphatic hydroxyl groups excluding tert-OH is 5. The highest BCUT2D eigenvalue weighted by Crippen LogP contribution is 2.23. The average Bonchev–Trinajstić information content (AvgIpc) is 3.46. The second-order valence-corrected chi connectivity index (χ2v) is 24.3. The van der Waals surface area contributed by atoms with Gasteiger partial charge in [-0.15, -0.1) is 0 Å². The molecule has 0 radical (unpaired) electrons. The lowest BCUT2D eigenvalue weighted by Crippen LogP contribution is -2.60. The number of carbonyl (C=O) groups is 1. The van der Waals surface area contributed by atoms with E-state index in [-0.39, 0.29) is 12.5 Å². The Kier molecular flexibility index (Phi) is 57.4. The lowest BCUT2D eigenvalue weighted by atomic mass is 9.99. The quantitative estimate of drug-likeness (QED) is 0.0261. The lowest BCUT2D eigenvalue weighted by Gasteiger charge is -2.40. The molecule has 1 heterocycles. The Morgan fingerprint density at radius 2 is 0.750 bits per heavy atom. The molecule has 80 heavy (non-hydrogen) atoms. The van der Waals surface area contributed by atoms with E-state index >= 15 is 0 Å². The maximum absolute atomic E-state index is 13.1. The molecule has 1 saturated heterocycles. The maximum atomic E-state index is 13.1. The van der Waals surface area contributed by atoms with E-state index in [0.29, 0.717) is 6.42 Å². The zero-order valence-corrected chi connectivity index (χ0v) is 52.6. The van der Waals surface area contributed by atoms with Crippen molar-refractivity contribution in [1.82, 2.24) is 5.32 Å². The van der Waals surface area contributed by atoms with Gasteiger partial charge in [-0.2, -0.15) is 0 Å². The van der Waals surface area contributed by atoms with Gasteiger partial charge in [0.1, 0.15) is 24.4 Å². The van der Waals surface area contributed by atoms with Crippen LogP contribution in [0.3, 0.4) is 0 Å². The Hall–Kier alpha value is -1.85. The van der Waals surface area contributed by atoms with Crippen molar-refractivity contribution in [3.05, 3.63) is 48.6 Å². The number of allylic oxidation sites excluding steroid dienone is 7. The Balaban J connectivity index is 2.09. The van der Waals surface area contributed by atoms with E-state index < -0.39 is 49.5 Å². The number of hydrogen-bond donors (Lipinski definition) is 6. The molecule has 470 valence electrons.